The van der Waals surface area contributed by atoms with Gasteiger partial charge in [0, 0.05) is 24.2 Å². The SMILES string of the molecule is CCN(CC)C(=O)Oc1ccccc1-c1ccccc1O. The second kappa shape index (κ2) is 6.79. The van der Waals surface area contributed by atoms with Crippen molar-refractivity contribution in [2.45, 2.75) is 13.8 Å². The minimum Gasteiger partial charge on any atom is -0.507 e. The number of hydrogen-bond acceptors (Lipinski definition) is 3. The molecule has 0 heterocycles. The van der Waals surface area contributed by atoms with Gasteiger partial charge < -0.3 is 14.7 Å². The van der Waals surface area contributed by atoms with E-state index in [1.54, 1.807) is 35.2 Å². The van der Waals surface area contributed by atoms with Crippen LogP contribution in [-0.4, -0.2) is 29.2 Å². The van der Waals surface area contributed by atoms with Crippen LogP contribution in [0.3, 0.4) is 0 Å². The van der Waals surface area contributed by atoms with Crippen LogP contribution in [0.25, 0.3) is 11.1 Å². The van der Waals surface area contributed by atoms with Gasteiger partial charge in [0.2, 0.25) is 0 Å². The first-order valence-electron chi connectivity index (χ1n) is 7.01. The van der Waals surface area contributed by atoms with Crippen LogP contribution in [0.15, 0.2) is 48.5 Å². The molecule has 1 amide bonds. The van der Waals surface area contributed by atoms with Crippen LogP contribution in [0, 0.1) is 0 Å². The van der Waals surface area contributed by atoms with Gasteiger partial charge in [-0.2, -0.15) is 0 Å². The summed E-state index contributed by atoms with van der Waals surface area (Å²) in [5.74, 6) is 0.597. The van der Waals surface area contributed by atoms with Gasteiger partial charge in [0.1, 0.15) is 11.5 Å². The predicted molar refractivity (Wildman–Crippen MR) is 82.5 cm³/mol. The second-order valence-electron chi connectivity index (χ2n) is 4.55. The fourth-order valence-corrected chi connectivity index (χ4v) is 2.12. The van der Waals surface area contributed by atoms with E-state index in [4.69, 9.17) is 4.74 Å². The Labute approximate surface area is 124 Å². The molecule has 0 aliphatic carbocycles. The first kappa shape index (κ1) is 14.9. The van der Waals surface area contributed by atoms with E-state index < -0.39 is 0 Å². The molecule has 0 fully saturated rings. The third-order valence-corrected chi connectivity index (χ3v) is 3.30. The number of para-hydroxylation sites is 2. The number of aromatic hydroxyl groups is 1. The number of carbonyl (C=O) groups is 1. The Morgan fingerprint density at radius 3 is 2.19 bits per heavy atom. The molecule has 0 aliphatic rings. The first-order valence-corrected chi connectivity index (χ1v) is 7.01. The number of amides is 1. The Kier molecular flexibility index (Phi) is 4.82. The van der Waals surface area contributed by atoms with Crippen molar-refractivity contribution in [3.63, 3.8) is 0 Å². The predicted octanol–water partition coefficient (Wildman–Crippen LogP) is 3.90. The minimum atomic E-state index is -0.386. The molecule has 1 N–H and O–H groups in total. The van der Waals surface area contributed by atoms with Gasteiger partial charge in [-0.1, -0.05) is 36.4 Å². The minimum absolute atomic E-state index is 0.156. The molecule has 2 aromatic carbocycles. The van der Waals surface area contributed by atoms with Gasteiger partial charge in [-0.05, 0) is 26.0 Å². The van der Waals surface area contributed by atoms with Crippen molar-refractivity contribution in [3.8, 4) is 22.6 Å². The summed E-state index contributed by atoms with van der Waals surface area (Å²) in [5.41, 5.74) is 1.33. The van der Waals surface area contributed by atoms with E-state index in [9.17, 15) is 9.90 Å². The highest BCUT2D eigenvalue weighted by Gasteiger charge is 2.16. The molecule has 0 saturated carbocycles. The van der Waals surface area contributed by atoms with E-state index in [2.05, 4.69) is 0 Å². The summed E-state index contributed by atoms with van der Waals surface area (Å²) >= 11 is 0. The average Bonchev–Trinajstić information content (AvgIpc) is 2.50. The molecular weight excluding hydrogens is 266 g/mol. The number of phenolic OH excluding ortho intramolecular Hbond substituents is 1. The fourth-order valence-electron chi connectivity index (χ4n) is 2.12. The van der Waals surface area contributed by atoms with Crippen molar-refractivity contribution in [1.29, 1.82) is 0 Å². The molecule has 21 heavy (non-hydrogen) atoms. The highest BCUT2D eigenvalue weighted by atomic mass is 16.6. The molecule has 0 spiro atoms. The normalized spacial score (nSPS) is 10.2. The van der Waals surface area contributed by atoms with Gasteiger partial charge in [-0.3, -0.25) is 0 Å². The summed E-state index contributed by atoms with van der Waals surface area (Å²) in [6, 6.07) is 14.2. The third-order valence-electron chi connectivity index (χ3n) is 3.30. The van der Waals surface area contributed by atoms with Gasteiger partial charge in [0.25, 0.3) is 0 Å². The van der Waals surface area contributed by atoms with Crippen LogP contribution in [0.4, 0.5) is 4.79 Å². The lowest BCUT2D eigenvalue weighted by Gasteiger charge is -2.19. The fraction of sp³-hybridized carbons (Fsp3) is 0.235. The number of benzene rings is 2. The third kappa shape index (κ3) is 3.34. The molecule has 110 valence electrons. The number of rotatable bonds is 4. The molecule has 0 radical (unpaired) electrons. The average molecular weight is 285 g/mol. The molecule has 4 heteroatoms. The Morgan fingerprint density at radius 2 is 1.57 bits per heavy atom. The van der Waals surface area contributed by atoms with Crippen LogP contribution in [0.5, 0.6) is 11.5 Å². The smallest absolute Gasteiger partial charge is 0.415 e. The van der Waals surface area contributed by atoms with Crippen molar-refractivity contribution in [1.82, 2.24) is 4.90 Å². The molecule has 0 atom stereocenters. The summed E-state index contributed by atoms with van der Waals surface area (Å²) in [7, 11) is 0. The Balaban J connectivity index is 2.34. The van der Waals surface area contributed by atoms with Crippen molar-refractivity contribution in [2.75, 3.05) is 13.1 Å². The summed E-state index contributed by atoms with van der Waals surface area (Å²) < 4.78 is 5.47. The van der Waals surface area contributed by atoms with Gasteiger partial charge >= 0.3 is 6.09 Å². The van der Waals surface area contributed by atoms with Gasteiger partial charge in [-0.25, -0.2) is 4.79 Å². The van der Waals surface area contributed by atoms with Crippen LogP contribution >= 0.6 is 0 Å². The zero-order chi connectivity index (χ0) is 15.2. The van der Waals surface area contributed by atoms with Crippen molar-refractivity contribution in [3.05, 3.63) is 48.5 Å². The second-order valence-corrected chi connectivity index (χ2v) is 4.55. The highest BCUT2D eigenvalue weighted by Crippen LogP contribution is 2.35. The molecule has 2 rings (SSSR count). The van der Waals surface area contributed by atoms with Crippen LogP contribution in [0.1, 0.15) is 13.8 Å². The highest BCUT2D eigenvalue weighted by molar-refractivity contribution is 5.79. The van der Waals surface area contributed by atoms with Gasteiger partial charge in [0.05, 0.1) is 0 Å². The van der Waals surface area contributed by atoms with Crippen LogP contribution < -0.4 is 4.74 Å². The number of nitrogens with zero attached hydrogens (tertiary/aromatic N) is 1. The molecule has 0 aromatic heterocycles. The maximum atomic E-state index is 12.1. The molecule has 0 unspecified atom stereocenters. The van der Waals surface area contributed by atoms with Crippen molar-refractivity contribution >= 4 is 6.09 Å². The molecule has 0 bridgehead atoms. The van der Waals surface area contributed by atoms with Gasteiger partial charge in [-0.15, -0.1) is 0 Å². The van der Waals surface area contributed by atoms with E-state index in [1.807, 2.05) is 32.0 Å². The molecule has 0 aliphatic heterocycles. The Hall–Kier alpha value is -2.49. The quantitative estimate of drug-likeness (QED) is 0.926. The van der Waals surface area contributed by atoms with Gasteiger partial charge in [0.15, 0.2) is 0 Å². The van der Waals surface area contributed by atoms with E-state index in [-0.39, 0.29) is 11.8 Å². The summed E-state index contributed by atoms with van der Waals surface area (Å²) in [6.07, 6.45) is -0.386. The first-order chi connectivity index (χ1) is 10.2. The lowest BCUT2D eigenvalue weighted by molar-refractivity contribution is 0.157. The molecule has 4 nitrogen and oxygen atoms in total. The van der Waals surface area contributed by atoms with E-state index in [1.165, 1.54) is 0 Å². The maximum Gasteiger partial charge on any atom is 0.415 e. The summed E-state index contributed by atoms with van der Waals surface area (Å²) in [5, 5.41) is 9.97. The zero-order valence-electron chi connectivity index (χ0n) is 12.2. The number of hydrogen-bond donors (Lipinski definition) is 1. The number of phenols is 1. The van der Waals surface area contributed by atoms with Crippen molar-refractivity contribution < 1.29 is 14.6 Å². The summed E-state index contributed by atoms with van der Waals surface area (Å²) in [4.78, 5) is 13.7. The maximum absolute atomic E-state index is 12.1. The molecular formula is C17H19NO3. The van der Waals surface area contributed by atoms with Crippen LogP contribution in [0.2, 0.25) is 0 Å². The lowest BCUT2D eigenvalue weighted by Crippen LogP contribution is -2.33. The Bertz CT molecular complexity index is 621. The number of ether oxygens (including phenoxy) is 1. The standard InChI is InChI=1S/C17H19NO3/c1-3-18(4-2)17(20)21-16-12-8-6-10-14(16)13-9-5-7-11-15(13)19/h5-12,19H,3-4H2,1-2H3. The summed E-state index contributed by atoms with van der Waals surface area (Å²) in [6.45, 7) is 4.99. The Morgan fingerprint density at radius 1 is 1.00 bits per heavy atom. The largest absolute Gasteiger partial charge is 0.507 e. The van der Waals surface area contributed by atoms with Crippen LogP contribution in [-0.2, 0) is 0 Å². The van der Waals surface area contributed by atoms with E-state index in [0.717, 1.165) is 0 Å². The van der Waals surface area contributed by atoms with E-state index in [0.29, 0.717) is 30.0 Å². The van der Waals surface area contributed by atoms with E-state index >= 15 is 0 Å². The molecule has 2 aromatic rings. The number of carbonyl (C=O) groups excluding carboxylic acids is 1. The molecule has 0 saturated heterocycles. The topological polar surface area (TPSA) is 49.8 Å². The van der Waals surface area contributed by atoms with Crippen molar-refractivity contribution in [2.24, 2.45) is 0 Å². The zero-order valence-corrected chi connectivity index (χ0v) is 12.2. The lowest BCUT2D eigenvalue weighted by atomic mass is 10.0. The monoisotopic (exact) mass is 285 g/mol.